The van der Waals surface area contributed by atoms with Gasteiger partial charge in [-0.3, -0.25) is 9.10 Å². The topological polar surface area (TPSA) is 66.5 Å². The summed E-state index contributed by atoms with van der Waals surface area (Å²) in [5.41, 5.74) is 2.83. The van der Waals surface area contributed by atoms with Crippen LogP contribution in [0.25, 0.3) is 0 Å². The number of para-hydroxylation sites is 1. The number of sulfonamides is 1. The van der Waals surface area contributed by atoms with Crippen molar-refractivity contribution in [3.63, 3.8) is 0 Å². The molecule has 146 valence electrons. The van der Waals surface area contributed by atoms with Gasteiger partial charge in [0.2, 0.25) is 15.9 Å². The molecule has 0 aliphatic rings. The van der Waals surface area contributed by atoms with E-state index in [2.05, 4.69) is 5.32 Å². The number of amides is 1. The van der Waals surface area contributed by atoms with Gasteiger partial charge in [-0.25, -0.2) is 8.42 Å². The van der Waals surface area contributed by atoms with Crippen molar-refractivity contribution in [1.29, 1.82) is 0 Å². The van der Waals surface area contributed by atoms with E-state index in [1.165, 1.54) is 0 Å². The second-order valence-corrected chi connectivity index (χ2v) is 8.71. The number of halogens is 1. The monoisotopic (exact) mass is 408 g/mol. The first-order valence-corrected chi connectivity index (χ1v) is 11.1. The molecule has 1 atom stereocenters. The van der Waals surface area contributed by atoms with E-state index in [1.807, 2.05) is 31.2 Å². The van der Waals surface area contributed by atoms with E-state index in [0.29, 0.717) is 22.8 Å². The van der Waals surface area contributed by atoms with Crippen molar-refractivity contribution in [2.24, 2.45) is 0 Å². The molecule has 5 nitrogen and oxygen atoms in total. The molecule has 0 saturated heterocycles. The molecule has 0 aromatic heterocycles. The first-order chi connectivity index (χ1) is 12.7. The molecule has 1 amide bonds. The maximum Gasteiger partial charge on any atom is 0.248 e. The minimum atomic E-state index is -3.71. The van der Waals surface area contributed by atoms with Gasteiger partial charge >= 0.3 is 0 Å². The van der Waals surface area contributed by atoms with Crippen LogP contribution < -0.4 is 9.62 Å². The Labute approximate surface area is 166 Å². The van der Waals surface area contributed by atoms with Gasteiger partial charge in [0.15, 0.2) is 0 Å². The predicted octanol–water partition coefficient (Wildman–Crippen LogP) is 4.39. The maximum atomic E-state index is 13.0. The summed E-state index contributed by atoms with van der Waals surface area (Å²) in [6.45, 7) is 5.58. The molecule has 0 saturated carbocycles. The van der Waals surface area contributed by atoms with Crippen LogP contribution in [0.2, 0.25) is 5.02 Å². The van der Waals surface area contributed by atoms with Crippen LogP contribution in [0.5, 0.6) is 0 Å². The number of carbonyl (C=O) groups excluding carboxylic acids is 1. The second-order valence-electron chi connectivity index (χ2n) is 6.41. The summed E-state index contributed by atoms with van der Waals surface area (Å²) in [5.74, 6) is -0.372. The quantitative estimate of drug-likeness (QED) is 0.738. The van der Waals surface area contributed by atoms with Crippen LogP contribution in [0.1, 0.15) is 31.4 Å². The Kier molecular flexibility index (Phi) is 6.89. The molecule has 0 bridgehead atoms. The minimum absolute atomic E-state index is 0.319. The van der Waals surface area contributed by atoms with Crippen LogP contribution in [0.4, 0.5) is 11.4 Å². The highest BCUT2D eigenvalue weighted by Crippen LogP contribution is 2.29. The number of rotatable bonds is 7. The zero-order valence-corrected chi connectivity index (χ0v) is 17.6. The van der Waals surface area contributed by atoms with E-state index in [9.17, 15) is 13.2 Å². The van der Waals surface area contributed by atoms with Crippen molar-refractivity contribution in [2.75, 3.05) is 15.9 Å². The van der Waals surface area contributed by atoms with Crippen molar-refractivity contribution in [3.8, 4) is 0 Å². The first kappa shape index (κ1) is 21.3. The Balaban J connectivity index is 2.46. The van der Waals surface area contributed by atoms with E-state index in [1.54, 1.807) is 32.0 Å². The fourth-order valence-electron chi connectivity index (χ4n) is 3.02. The normalized spacial score (nSPS) is 12.5. The van der Waals surface area contributed by atoms with E-state index >= 15 is 0 Å². The molecule has 2 rings (SSSR count). The van der Waals surface area contributed by atoms with Crippen LogP contribution in [0.15, 0.2) is 42.5 Å². The van der Waals surface area contributed by atoms with Gasteiger partial charge in [-0.2, -0.15) is 0 Å². The van der Waals surface area contributed by atoms with Crippen molar-refractivity contribution in [2.45, 2.75) is 39.7 Å². The van der Waals surface area contributed by atoms with Crippen molar-refractivity contribution in [3.05, 3.63) is 58.6 Å². The second kappa shape index (κ2) is 8.76. The number of nitrogens with zero attached hydrogens (tertiary/aromatic N) is 1. The lowest BCUT2D eigenvalue weighted by atomic mass is 10.1. The highest BCUT2D eigenvalue weighted by Gasteiger charge is 2.32. The van der Waals surface area contributed by atoms with Gasteiger partial charge in [-0.05, 0) is 49.1 Å². The van der Waals surface area contributed by atoms with E-state index in [0.717, 1.165) is 28.1 Å². The Morgan fingerprint density at radius 2 is 1.85 bits per heavy atom. The third-order valence-corrected chi connectivity index (χ3v) is 5.80. The van der Waals surface area contributed by atoms with E-state index in [-0.39, 0.29) is 5.91 Å². The molecule has 7 heteroatoms. The molecule has 0 heterocycles. The molecule has 2 aromatic rings. The standard InChI is InChI=1S/C20H25ClN2O3S/c1-5-15-9-7-8-10-17(15)22-20(24)18(6-2)23(27(4,25)26)19-13-16(21)12-11-14(19)3/h7-13,18H,5-6H2,1-4H3,(H,22,24)/t18-/m1/s1. The Hall–Kier alpha value is -2.05. The fraction of sp³-hybridized carbons (Fsp3) is 0.350. The van der Waals surface area contributed by atoms with Gasteiger partial charge < -0.3 is 5.32 Å². The summed E-state index contributed by atoms with van der Waals surface area (Å²) in [7, 11) is -3.71. The van der Waals surface area contributed by atoms with Gasteiger partial charge in [0.05, 0.1) is 11.9 Å². The average molecular weight is 409 g/mol. The number of hydrogen-bond donors (Lipinski definition) is 1. The number of benzene rings is 2. The summed E-state index contributed by atoms with van der Waals surface area (Å²) in [6, 6.07) is 11.6. The van der Waals surface area contributed by atoms with Gasteiger partial charge in [-0.15, -0.1) is 0 Å². The summed E-state index contributed by atoms with van der Waals surface area (Å²) in [5, 5.41) is 3.30. The Morgan fingerprint density at radius 3 is 2.44 bits per heavy atom. The Morgan fingerprint density at radius 1 is 1.19 bits per heavy atom. The molecular weight excluding hydrogens is 384 g/mol. The molecule has 0 aliphatic heterocycles. The third-order valence-electron chi connectivity index (χ3n) is 4.39. The lowest BCUT2D eigenvalue weighted by Gasteiger charge is -2.31. The smallest absolute Gasteiger partial charge is 0.248 e. The summed E-state index contributed by atoms with van der Waals surface area (Å²) in [4.78, 5) is 13.0. The molecule has 1 N–H and O–H groups in total. The number of aryl methyl sites for hydroxylation is 2. The molecule has 0 unspecified atom stereocenters. The summed E-state index contributed by atoms with van der Waals surface area (Å²) in [6.07, 6.45) is 2.18. The number of hydrogen-bond acceptors (Lipinski definition) is 3. The van der Waals surface area contributed by atoms with Crippen LogP contribution in [0.3, 0.4) is 0 Å². The third kappa shape index (κ3) is 5.02. The molecule has 0 fully saturated rings. The highest BCUT2D eigenvalue weighted by atomic mass is 35.5. The largest absolute Gasteiger partial charge is 0.324 e. The van der Waals surface area contributed by atoms with Crippen LogP contribution in [-0.2, 0) is 21.2 Å². The van der Waals surface area contributed by atoms with Crippen molar-refractivity contribution >= 4 is 38.9 Å². The predicted molar refractivity (Wildman–Crippen MR) is 112 cm³/mol. The molecule has 27 heavy (non-hydrogen) atoms. The van der Waals surface area contributed by atoms with Gasteiger partial charge in [0.1, 0.15) is 6.04 Å². The van der Waals surface area contributed by atoms with E-state index < -0.39 is 16.1 Å². The molecule has 0 spiro atoms. The SMILES string of the molecule is CCc1ccccc1NC(=O)[C@@H](CC)N(c1cc(Cl)ccc1C)S(C)(=O)=O. The van der Waals surface area contributed by atoms with Gasteiger partial charge in [0.25, 0.3) is 0 Å². The van der Waals surface area contributed by atoms with Gasteiger partial charge in [-0.1, -0.05) is 49.7 Å². The maximum absolute atomic E-state index is 13.0. The first-order valence-electron chi connectivity index (χ1n) is 8.83. The van der Waals surface area contributed by atoms with Crippen molar-refractivity contribution < 1.29 is 13.2 Å². The Bertz CT molecular complexity index is 929. The highest BCUT2D eigenvalue weighted by molar-refractivity contribution is 7.92. The number of nitrogens with one attached hydrogen (secondary N) is 1. The van der Waals surface area contributed by atoms with Crippen molar-refractivity contribution in [1.82, 2.24) is 0 Å². The molecular formula is C20H25ClN2O3S. The van der Waals surface area contributed by atoms with Crippen LogP contribution in [-0.4, -0.2) is 26.6 Å². The molecule has 2 aromatic carbocycles. The lowest BCUT2D eigenvalue weighted by molar-refractivity contribution is -0.117. The van der Waals surface area contributed by atoms with Crippen LogP contribution >= 0.6 is 11.6 Å². The zero-order valence-electron chi connectivity index (χ0n) is 16.0. The lowest BCUT2D eigenvalue weighted by Crippen LogP contribution is -2.47. The molecule has 0 aliphatic carbocycles. The average Bonchev–Trinajstić information content (AvgIpc) is 2.61. The van der Waals surface area contributed by atoms with Crippen LogP contribution in [0, 0.1) is 6.92 Å². The fourth-order valence-corrected chi connectivity index (χ4v) is 4.45. The molecule has 0 radical (unpaired) electrons. The van der Waals surface area contributed by atoms with E-state index in [4.69, 9.17) is 11.6 Å². The zero-order chi connectivity index (χ0) is 20.2. The summed E-state index contributed by atoms with van der Waals surface area (Å²) < 4.78 is 26.3. The number of anilines is 2. The summed E-state index contributed by atoms with van der Waals surface area (Å²) >= 11 is 6.09. The van der Waals surface area contributed by atoms with Gasteiger partial charge in [0, 0.05) is 10.7 Å². The minimum Gasteiger partial charge on any atom is -0.324 e. The number of carbonyl (C=O) groups is 1.